The van der Waals surface area contributed by atoms with Gasteiger partial charge in [0, 0.05) is 29.9 Å². The first-order chi connectivity index (χ1) is 12.2. The number of likely N-dealkylation sites (tertiary alicyclic amines) is 1. The van der Waals surface area contributed by atoms with E-state index in [4.69, 9.17) is 11.6 Å². The second-order valence-corrected chi connectivity index (χ2v) is 7.50. The molecule has 0 atom stereocenters. The number of hydrogen-bond donors (Lipinski definition) is 0. The summed E-state index contributed by atoms with van der Waals surface area (Å²) in [6.07, 6.45) is 9.08. The SMILES string of the molecule is O=C1N=C(N2CCCCC2)S/C1=C/c1cnn(-c2ccc(Cl)cc2)c1. The summed E-state index contributed by atoms with van der Waals surface area (Å²) in [4.78, 5) is 19.3. The minimum atomic E-state index is -0.162. The summed E-state index contributed by atoms with van der Waals surface area (Å²) in [5, 5.41) is 5.88. The Kier molecular flexibility index (Phi) is 4.63. The summed E-state index contributed by atoms with van der Waals surface area (Å²) < 4.78 is 1.76. The molecule has 0 N–H and O–H groups in total. The van der Waals surface area contributed by atoms with Crippen molar-refractivity contribution in [2.24, 2.45) is 4.99 Å². The molecule has 0 radical (unpaired) electrons. The van der Waals surface area contributed by atoms with Crippen LogP contribution in [-0.4, -0.2) is 38.8 Å². The molecule has 0 bridgehead atoms. The van der Waals surface area contributed by atoms with E-state index >= 15 is 0 Å². The van der Waals surface area contributed by atoms with Gasteiger partial charge in [-0.25, -0.2) is 4.68 Å². The lowest BCUT2D eigenvalue weighted by molar-refractivity contribution is -0.113. The van der Waals surface area contributed by atoms with E-state index in [1.807, 2.05) is 36.5 Å². The Bertz CT molecular complexity index is 850. The van der Waals surface area contributed by atoms with Crippen molar-refractivity contribution in [1.29, 1.82) is 0 Å². The standard InChI is InChI=1S/C18H17ClN4OS/c19-14-4-6-15(7-5-14)23-12-13(11-20-23)10-16-17(24)21-18(25-16)22-8-2-1-3-9-22/h4-7,10-12H,1-3,8-9H2/b16-10+. The smallest absolute Gasteiger partial charge is 0.286 e. The normalized spacial score (nSPS) is 19.6. The van der Waals surface area contributed by atoms with Crippen molar-refractivity contribution in [3.8, 4) is 5.69 Å². The molecule has 0 spiro atoms. The first-order valence-electron chi connectivity index (χ1n) is 8.27. The third-order valence-corrected chi connectivity index (χ3v) is 5.52. The van der Waals surface area contributed by atoms with Crippen molar-refractivity contribution in [3.63, 3.8) is 0 Å². The Balaban J connectivity index is 1.50. The van der Waals surface area contributed by atoms with E-state index in [1.54, 1.807) is 10.9 Å². The number of thioether (sulfide) groups is 1. The second-order valence-electron chi connectivity index (χ2n) is 6.05. The summed E-state index contributed by atoms with van der Waals surface area (Å²) in [5.41, 5.74) is 1.80. The molecule has 0 aliphatic carbocycles. The minimum Gasteiger partial charge on any atom is -0.351 e. The van der Waals surface area contributed by atoms with Gasteiger partial charge in [0.1, 0.15) is 0 Å². The Morgan fingerprint density at radius 2 is 1.88 bits per heavy atom. The summed E-state index contributed by atoms with van der Waals surface area (Å²) >= 11 is 7.38. The zero-order valence-corrected chi connectivity index (χ0v) is 15.1. The number of hydrogen-bond acceptors (Lipinski definition) is 4. The molecule has 1 aromatic heterocycles. The van der Waals surface area contributed by atoms with Gasteiger partial charge in [-0.2, -0.15) is 10.1 Å². The molecule has 25 heavy (non-hydrogen) atoms. The van der Waals surface area contributed by atoms with Crippen molar-refractivity contribution in [2.45, 2.75) is 19.3 Å². The first-order valence-corrected chi connectivity index (χ1v) is 9.47. The molecule has 1 amide bonds. The summed E-state index contributed by atoms with van der Waals surface area (Å²) in [6, 6.07) is 7.45. The number of carbonyl (C=O) groups is 1. The van der Waals surface area contributed by atoms with Crippen LogP contribution in [0.1, 0.15) is 24.8 Å². The molecule has 0 unspecified atom stereocenters. The minimum absolute atomic E-state index is 0.162. The molecule has 2 aromatic rings. The Labute approximate surface area is 155 Å². The molecule has 1 saturated heterocycles. The average Bonchev–Trinajstić information content (AvgIpc) is 3.24. The molecular weight excluding hydrogens is 356 g/mol. The van der Waals surface area contributed by atoms with Crippen molar-refractivity contribution in [3.05, 3.63) is 52.2 Å². The maximum Gasteiger partial charge on any atom is 0.286 e. The molecule has 5 nitrogen and oxygen atoms in total. The van der Waals surface area contributed by atoms with E-state index in [9.17, 15) is 4.79 Å². The lowest BCUT2D eigenvalue weighted by atomic mass is 10.1. The van der Waals surface area contributed by atoms with Crippen molar-refractivity contribution in [2.75, 3.05) is 13.1 Å². The van der Waals surface area contributed by atoms with Crippen LogP contribution < -0.4 is 0 Å². The van der Waals surface area contributed by atoms with Gasteiger partial charge < -0.3 is 4.90 Å². The molecular formula is C18H17ClN4OS. The molecule has 128 valence electrons. The summed E-state index contributed by atoms with van der Waals surface area (Å²) in [7, 11) is 0. The number of halogens is 1. The van der Waals surface area contributed by atoms with Gasteiger partial charge in [-0.1, -0.05) is 11.6 Å². The highest BCUT2D eigenvalue weighted by Crippen LogP contribution is 2.31. The fourth-order valence-electron chi connectivity index (χ4n) is 2.92. The van der Waals surface area contributed by atoms with E-state index in [0.717, 1.165) is 29.5 Å². The number of amides is 1. The average molecular weight is 373 g/mol. The molecule has 3 heterocycles. The van der Waals surface area contributed by atoms with E-state index < -0.39 is 0 Å². The molecule has 7 heteroatoms. The number of aliphatic imine (C=N–C) groups is 1. The molecule has 0 saturated carbocycles. The van der Waals surface area contributed by atoms with E-state index in [2.05, 4.69) is 15.0 Å². The number of carbonyl (C=O) groups excluding carboxylic acids is 1. The summed E-state index contributed by atoms with van der Waals surface area (Å²) in [5.74, 6) is -0.162. The molecule has 1 fully saturated rings. The highest BCUT2D eigenvalue weighted by molar-refractivity contribution is 8.18. The van der Waals surface area contributed by atoms with Crippen LogP contribution >= 0.6 is 23.4 Å². The quantitative estimate of drug-likeness (QED) is 0.748. The Hall–Kier alpha value is -2.05. The lowest BCUT2D eigenvalue weighted by Crippen LogP contribution is -2.33. The zero-order valence-electron chi connectivity index (χ0n) is 13.6. The van der Waals surface area contributed by atoms with Crippen LogP contribution in [0.3, 0.4) is 0 Å². The van der Waals surface area contributed by atoms with E-state index in [-0.39, 0.29) is 5.91 Å². The first kappa shape index (κ1) is 16.4. The van der Waals surface area contributed by atoms with Gasteiger partial charge >= 0.3 is 0 Å². The van der Waals surface area contributed by atoms with E-state index in [0.29, 0.717) is 9.93 Å². The van der Waals surface area contributed by atoms with Crippen LogP contribution in [0.15, 0.2) is 46.6 Å². The van der Waals surface area contributed by atoms with Crippen LogP contribution in [0.5, 0.6) is 0 Å². The molecule has 2 aliphatic heterocycles. The third kappa shape index (κ3) is 3.65. The van der Waals surface area contributed by atoms with Gasteiger partial charge in [0.2, 0.25) is 0 Å². The van der Waals surface area contributed by atoms with Crippen molar-refractivity contribution < 1.29 is 4.79 Å². The monoisotopic (exact) mass is 372 g/mol. The number of benzene rings is 1. The van der Waals surface area contributed by atoms with Gasteiger partial charge in [0.05, 0.1) is 16.8 Å². The van der Waals surface area contributed by atoms with Crippen molar-refractivity contribution >= 4 is 40.5 Å². The largest absolute Gasteiger partial charge is 0.351 e. The third-order valence-electron chi connectivity index (χ3n) is 4.23. The number of aromatic nitrogens is 2. The van der Waals surface area contributed by atoms with Crippen LogP contribution in [0, 0.1) is 0 Å². The fraction of sp³-hybridized carbons (Fsp3) is 0.278. The van der Waals surface area contributed by atoms with Crippen LogP contribution in [0.4, 0.5) is 0 Å². The van der Waals surface area contributed by atoms with Crippen LogP contribution in [-0.2, 0) is 4.79 Å². The predicted octanol–water partition coefficient (Wildman–Crippen LogP) is 3.98. The number of amidine groups is 1. The van der Waals surface area contributed by atoms with Gasteiger partial charge in [-0.15, -0.1) is 0 Å². The van der Waals surface area contributed by atoms with Gasteiger partial charge in [0.15, 0.2) is 5.17 Å². The Morgan fingerprint density at radius 3 is 2.64 bits per heavy atom. The number of piperidine rings is 1. The maximum absolute atomic E-state index is 12.2. The summed E-state index contributed by atoms with van der Waals surface area (Å²) in [6.45, 7) is 1.97. The van der Waals surface area contributed by atoms with Crippen molar-refractivity contribution in [1.82, 2.24) is 14.7 Å². The predicted molar refractivity (Wildman–Crippen MR) is 102 cm³/mol. The topological polar surface area (TPSA) is 50.5 Å². The van der Waals surface area contributed by atoms with Crippen LogP contribution in [0.25, 0.3) is 11.8 Å². The maximum atomic E-state index is 12.2. The van der Waals surface area contributed by atoms with Gasteiger partial charge in [-0.3, -0.25) is 4.79 Å². The van der Waals surface area contributed by atoms with Crippen LogP contribution in [0.2, 0.25) is 5.02 Å². The molecule has 1 aromatic carbocycles. The Morgan fingerprint density at radius 1 is 1.12 bits per heavy atom. The van der Waals surface area contributed by atoms with Gasteiger partial charge in [-0.05, 0) is 61.4 Å². The highest BCUT2D eigenvalue weighted by atomic mass is 35.5. The molecule has 2 aliphatic rings. The number of nitrogens with zero attached hydrogens (tertiary/aromatic N) is 4. The van der Waals surface area contributed by atoms with E-state index in [1.165, 1.54) is 31.0 Å². The fourth-order valence-corrected chi connectivity index (χ4v) is 4.01. The lowest BCUT2D eigenvalue weighted by Gasteiger charge is -2.27. The molecule has 4 rings (SSSR count). The second kappa shape index (κ2) is 7.06. The zero-order chi connectivity index (χ0) is 17.2. The highest BCUT2D eigenvalue weighted by Gasteiger charge is 2.26. The number of rotatable bonds is 2. The van der Waals surface area contributed by atoms with Gasteiger partial charge in [0.25, 0.3) is 5.91 Å².